The summed E-state index contributed by atoms with van der Waals surface area (Å²) in [5.41, 5.74) is 2.10. The summed E-state index contributed by atoms with van der Waals surface area (Å²) in [6.45, 7) is 1.03. The zero-order valence-corrected chi connectivity index (χ0v) is 11.1. The van der Waals surface area contributed by atoms with Crippen molar-refractivity contribution in [3.8, 4) is 0 Å². The lowest BCUT2D eigenvalue weighted by Crippen LogP contribution is -2.12. The first kappa shape index (κ1) is 15.6. The molecule has 0 amide bonds. The number of benzene rings is 1. The summed E-state index contributed by atoms with van der Waals surface area (Å²) in [7, 11) is 0. The molecule has 2 rings (SSSR count). The van der Waals surface area contributed by atoms with Gasteiger partial charge in [-0.25, -0.2) is 8.78 Å². The van der Waals surface area contributed by atoms with Crippen LogP contribution in [0.15, 0.2) is 42.7 Å². The summed E-state index contributed by atoms with van der Waals surface area (Å²) in [6, 6.07) is 10.0. The van der Waals surface area contributed by atoms with E-state index in [1.165, 1.54) is 10.2 Å². The molecule has 19 heavy (non-hydrogen) atoms. The maximum atomic E-state index is 12.1. The number of hydrogen-bond acceptors (Lipinski definition) is 2. The summed E-state index contributed by atoms with van der Waals surface area (Å²) >= 11 is 0. The Balaban J connectivity index is 0.00000180. The SMILES string of the molecule is Cl.FC(F)Cn1cc(CNCc2ccccc2)cn1. The zero-order valence-electron chi connectivity index (χ0n) is 10.3. The van der Waals surface area contributed by atoms with Crippen molar-refractivity contribution in [1.29, 1.82) is 0 Å². The molecule has 0 saturated carbocycles. The first-order valence-corrected chi connectivity index (χ1v) is 5.78. The average Bonchev–Trinajstić information content (AvgIpc) is 2.77. The van der Waals surface area contributed by atoms with Gasteiger partial charge in [-0.1, -0.05) is 30.3 Å². The van der Waals surface area contributed by atoms with Crippen molar-refractivity contribution in [3.63, 3.8) is 0 Å². The molecule has 1 heterocycles. The van der Waals surface area contributed by atoms with Gasteiger partial charge in [0.1, 0.15) is 6.54 Å². The van der Waals surface area contributed by atoms with Gasteiger partial charge in [0.25, 0.3) is 6.43 Å². The minimum absolute atomic E-state index is 0. The molecule has 0 atom stereocenters. The molecule has 6 heteroatoms. The van der Waals surface area contributed by atoms with Gasteiger partial charge < -0.3 is 5.32 Å². The summed E-state index contributed by atoms with van der Waals surface area (Å²) < 4.78 is 25.5. The van der Waals surface area contributed by atoms with E-state index in [2.05, 4.69) is 10.4 Å². The second-order valence-electron chi connectivity index (χ2n) is 4.05. The van der Waals surface area contributed by atoms with Crippen LogP contribution in [-0.4, -0.2) is 16.2 Å². The molecule has 0 spiro atoms. The standard InChI is InChI=1S/C13H15F2N3.ClH/c14-13(15)10-18-9-12(8-17-18)7-16-6-11-4-2-1-3-5-11;/h1-5,8-9,13,16H,6-7,10H2;1H. The van der Waals surface area contributed by atoms with E-state index >= 15 is 0 Å². The molecule has 0 saturated heterocycles. The minimum Gasteiger partial charge on any atom is -0.309 e. The fourth-order valence-electron chi connectivity index (χ4n) is 1.69. The topological polar surface area (TPSA) is 29.9 Å². The second-order valence-corrected chi connectivity index (χ2v) is 4.05. The van der Waals surface area contributed by atoms with Crippen LogP contribution in [0, 0.1) is 0 Å². The van der Waals surface area contributed by atoms with E-state index in [9.17, 15) is 8.78 Å². The number of aromatic nitrogens is 2. The molecule has 1 N–H and O–H groups in total. The Kier molecular flexibility index (Phi) is 6.45. The van der Waals surface area contributed by atoms with Crippen LogP contribution in [0.3, 0.4) is 0 Å². The predicted molar refractivity (Wildman–Crippen MR) is 72.5 cm³/mol. The second kappa shape index (κ2) is 7.86. The van der Waals surface area contributed by atoms with Gasteiger partial charge in [-0.3, -0.25) is 4.68 Å². The van der Waals surface area contributed by atoms with Crippen molar-refractivity contribution in [3.05, 3.63) is 53.9 Å². The molecule has 0 fully saturated rings. The maximum Gasteiger partial charge on any atom is 0.257 e. The first-order chi connectivity index (χ1) is 8.74. The van der Waals surface area contributed by atoms with Crippen molar-refractivity contribution in [2.75, 3.05) is 0 Å². The van der Waals surface area contributed by atoms with Crippen LogP contribution >= 0.6 is 12.4 Å². The normalized spacial score (nSPS) is 10.5. The number of nitrogens with one attached hydrogen (secondary N) is 1. The molecule has 0 aliphatic heterocycles. The third kappa shape index (κ3) is 5.36. The molecule has 2 aromatic rings. The van der Waals surface area contributed by atoms with Crippen molar-refractivity contribution < 1.29 is 8.78 Å². The molecule has 0 bridgehead atoms. The van der Waals surface area contributed by atoms with Gasteiger partial charge in [0.15, 0.2) is 0 Å². The van der Waals surface area contributed by atoms with Crippen LogP contribution < -0.4 is 5.32 Å². The molecule has 3 nitrogen and oxygen atoms in total. The fourth-order valence-corrected chi connectivity index (χ4v) is 1.69. The largest absolute Gasteiger partial charge is 0.309 e. The van der Waals surface area contributed by atoms with Gasteiger partial charge in [0.05, 0.1) is 6.20 Å². The first-order valence-electron chi connectivity index (χ1n) is 5.78. The van der Waals surface area contributed by atoms with Crippen LogP contribution in [0.5, 0.6) is 0 Å². The van der Waals surface area contributed by atoms with Gasteiger partial charge in [-0.2, -0.15) is 5.10 Å². The lowest BCUT2D eigenvalue weighted by Gasteiger charge is -2.02. The molecule has 0 aliphatic rings. The summed E-state index contributed by atoms with van der Waals surface area (Å²) in [6.07, 6.45) is 0.889. The molecule has 0 radical (unpaired) electrons. The number of rotatable bonds is 6. The molecular weight excluding hydrogens is 272 g/mol. The zero-order chi connectivity index (χ0) is 12.8. The van der Waals surface area contributed by atoms with Crippen LogP contribution in [-0.2, 0) is 19.6 Å². The van der Waals surface area contributed by atoms with Gasteiger partial charge in [0.2, 0.25) is 0 Å². The van der Waals surface area contributed by atoms with E-state index in [1.54, 1.807) is 12.4 Å². The highest BCUT2D eigenvalue weighted by atomic mass is 35.5. The van der Waals surface area contributed by atoms with Crippen LogP contribution in [0.1, 0.15) is 11.1 Å². The Morgan fingerprint density at radius 1 is 1.11 bits per heavy atom. The quantitative estimate of drug-likeness (QED) is 0.885. The smallest absolute Gasteiger partial charge is 0.257 e. The Bertz CT molecular complexity index is 474. The van der Waals surface area contributed by atoms with Gasteiger partial charge in [-0.15, -0.1) is 12.4 Å². The lowest BCUT2D eigenvalue weighted by molar-refractivity contribution is 0.122. The van der Waals surface area contributed by atoms with Gasteiger partial charge in [0, 0.05) is 24.8 Å². The Hall–Kier alpha value is -1.46. The molecule has 0 aliphatic carbocycles. The molecular formula is C13H16ClF2N3. The fraction of sp³-hybridized carbons (Fsp3) is 0.308. The van der Waals surface area contributed by atoms with Crippen LogP contribution in [0.25, 0.3) is 0 Å². The lowest BCUT2D eigenvalue weighted by atomic mass is 10.2. The number of nitrogens with zero attached hydrogens (tertiary/aromatic N) is 2. The van der Waals surface area contributed by atoms with E-state index in [0.717, 1.165) is 12.1 Å². The minimum atomic E-state index is -2.37. The van der Waals surface area contributed by atoms with Crippen LogP contribution in [0.2, 0.25) is 0 Å². The third-order valence-corrected chi connectivity index (χ3v) is 2.51. The van der Waals surface area contributed by atoms with Crippen LogP contribution in [0.4, 0.5) is 8.78 Å². The predicted octanol–water partition coefficient (Wildman–Crippen LogP) is 2.86. The van der Waals surface area contributed by atoms with Gasteiger partial charge >= 0.3 is 0 Å². The highest BCUT2D eigenvalue weighted by Gasteiger charge is 2.05. The molecule has 104 valence electrons. The summed E-state index contributed by atoms with van der Waals surface area (Å²) in [5, 5.41) is 7.12. The van der Waals surface area contributed by atoms with E-state index in [4.69, 9.17) is 0 Å². The van der Waals surface area contributed by atoms with E-state index in [0.29, 0.717) is 6.54 Å². The maximum absolute atomic E-state index is 12.1. The molecule has 1 aromatic carbocycles. The van der Waals surface area contributed by atoms with E-state index < -0.39 is 6.43 Å². The average molecular weight is 288 g/mol. The highest BCUT2D eigenvalue weighted by molar-refractivity contribution is 5.85. The summed E-state index contributed by atoms with van der Waals surface area (Å²) in [5.74, 6) is 0. The number of hydrogen-bond donors (Lipinski definition) is 1. The Morgan fingerprint density at radius 2 is 1.79 bits per heavy atom. The van der Waals surface area contributed by atoms with Crippen molar-refractivity contribution in [2.24, 2.45) is 0 Å². The molecule has 0 unspecified atom stereocenters. The number of halogens is 3. The summed E-state index contributed by atoms with van der Waals surface area (Å²) in [4.78, 5) is 0. The third-order valence-electron chi connectivity index (χ3n) is 2.51. The highest BCUT2D eigenvalue weighted by Crippen LogP contribution is 2.03. The van der Waals surface area contributed by atoms with Crippen molar-refractivity contribution >= 4 is 12.4 Å². The van der Waals surface area contributed by atoms with E-state index in [-0.39, 0.29) is 19.0 Å². The monoisotopic (exact) mass is 287 g/mol. The Labute approximate surface area is 117 Å². The Morgan fingerprint density at radius 3 is 2.47 bits per heavy atom. The van der Waals surface area contributed by atoms with Crippen molar-refractivity contribution in [2.45, 2.75) is 26.1 Å². The van der Waals surface area contributed by atoms with Gasteiger partial charge in [-0.05, 0) is 5.56 Å². The van der Waals surface area contributed by atoms with E-state index in [1.807, 2.05) is 30.3 Å². The van der Waals surface area contributed by atoms with Crippen molar-refractivity contribution in [1.82, 2.24) is 15.1 Å². The number of alkyl halides is 2. The molecule has 1 aromatic heterocycles.